The minimum atomic E-state index is 0.384. The fourth-order valence-electron chi connectivity index (χ4n) is 1.71. The fourth-order valence-corrected chi connectivity index (χ4v) is 2.02. The van der Waals surface area contributed by atoms with E-state index >= 15 is 0 Å². The third kappa shape index (κ3) is 2.89. The molecular weight excluding hydrogens is 258 g/mol. The van der Waals surface area contributed by atoms with Gasteiger partial charge in [-0.3, -0.25) is 0 Å². The summed E-state index contributed by atoms with van der Waals surface area (Å²) in [5.41, 5.74) is 0. The van der Waals surface area contributed by atoms with E-state index in [1.165, 1.54) is 0 Å². The van der Waals surface area contributed by atoms with E-state index in [0.29, 0.717) is 12.0 Å². The summed E-state index contributed by atoms with van der Waals surface area (Å²) in [6.45, 7) is 3.89. The number of ether oxygens (including phenoxy) is 1. The molecule has 1 aromatic rings. The third-order valence-electron chi connectivity index (χ3n) is 2.68. The van der Waals surface area contributed by atoms with Crippen molar-refractivity contribution in [2.75, 3.05) is 18.5 Å². The van der Waals surface area contributed by atoms with Gasteiger partial charge in [0.05, 0.1) is 6.61 Å². The summed E-state index contributed by atoms with van der Waals surface area (Å²) < 4.78 is 6.16. The predicted octanol–water partition coefficient (Wildman–Crippen LogP) is 2.08. The molecular formula is C10H14BrN3O. The Kier molecular flexibility index (Phi) is 3.53. The number of aromatic nitrogens is 2. The van der Waals surface area contributed by atoms with Crippen LogP contribution in [0.2, 0.25) is 0 Å². The Balaban J connectivity index is 1.95. The second kappa shape index (κ2) is 4.90. The van der Waals surface area contributed by atoms with Crippen LogP contribution in [-0.4, -0.2) is 29.2 Å². The molecule has 82 valence electrons. The van der Waals surface area contributed by atoms with Crippen LogP contribution in [0, 0.1) is 5.92 Å². The molecule has 1 fully saturated rings. The molecule has 0 amide bonds. The van der Waals surface area contributed by atoms with E-state index in [1.54, 1.807) is 6.33 Å². The Hall–Kier alpha value is -0.680. The second-order valence-electron chi connectivity index (χ2n) is 3.78. The predicted molar refractivity (Wildman–Crippen MR) is 61.7 cm³/mol. The summed E-state index contributed by atoms with van der Waals surface area (Å²) in [7, 11) is 0. The molecule has 0 aromatic carbocycles. The smallest absolute Gasteiger partial charge is 0.130 e. The molecule has 2 unspecified atom stereocenters. The van der Waals surface area contributed by atoms with Gasteiger partial charge in [0.15, 0.2) is 0 Å². The zero-order valence-corrected chi connectivity index (χ0v) is 10.2. The van der Waals surface area contributed by atoms with Crippen molar-refractivity contribution in [3.8, 4) is 0 Å². The molecule has 5 heteroatoms. The van der Waals surface area contributed by atoms with Crippen molar-refractivity contribution >= 4 is 21.7 Å². The molecule has 2 heterocycles. The van der Waals surface area contributed by atoms with Gasteiger partial charge < -0.3 is 10.1 Å². The lowest BCUT2D eigenvalue weighted by atomic mass is 10.0. The van der Waals surface area contributed by atoms with E-state index < -0.39 is 0 Å². The van der Waals surface area contributed by atoms with E-state index in [-0.39, 0.29) is 0 Å². The number of hydrogen-bond donors (Lipinski definition) is 1. The highest BCUT2D eigenvalue weighted by Gasteiger charge is 2.22. The van der Waals surface area contributed by atoms with Crippen molar-refractivity contribution in [1.82, 2.24) is 9.97 Å². The number of hydrogen-bond acceptors (Lipinski definition) is 4. The van der Waals surface area contributed by atoms with Crippen LogP contribution in [0.4, 0.5) is 5.82 Å². The molecule has 2 rings (SSSR count). The van der Waals surface area contributed by atoms with Crippen LogP contribution in [0.5, 0.6) is 0 Å². The summed E-state index contributed by atoms with van der Waals surface area (Å²) in [4.78, 5) is 8.14. The van der Waals surface area contributed by atoms with Crippen LogP contribution < -0.4 is 5.32 Å². The van der Waals surface area contributed by atoms with Gasteiger partial charge in [0.1, 0.15) is 16.7 Å². The molecule has 1 N–H and O–H groups in total. The summed E-state index contributed by atoms with van der Waals surface area (Å²) >= 11 is 3.32. The standard InChI is InChI=1S/C10H14BrN3O/c1-7(8-2-3-15-5-8)14-10-4-9(11)12-6-13-10/h4,6-8H,2-3,5H2,1H3,(H,12,13,14). The van der Waals surface area contributed by atoms with Crippen LogP contribution in [0.3, 0.4) is 0 Å². The van der Waals surface area contributed by atoms with Gasteiger partial charge in [-0.25, -0.2) is 9.97 Å². The van der Waals surface area contributed by atoms with Crippen LogP contribution in [0.1, 0.15) is 13.3 Å². The minimum absolute atomic E-state index is 0.384. The highest BCUT2D eigenvalue weighted by Crippen LogP contribution is 2.20. The molecule has 0 bridgehead atoms. The average molecular weight is 272 g/mol. The first kappa shape index (κ1) is 10.8. The summed E-state index contributed by atoms with van der Waals surface area (Å²) in [5, 5.41) is 3.36. The van der Waals surface area contributed by atoms with Gasteiger partial charge in [0.25, 0.3) is 0 Å². The Bertz CT molecular complexity index is 328. The number of rotatable bonds is 3. The lowest BCUT2D eigenvalue weighted by Crippen LogP contribution is -2.26. The van der Waals surface area contributed by atoms with E-state index in [0.717, 1.165) is 30.1 Å². The third-order valence-corrected chi connectivity index (χ3v) is 3.11. The van der Waals surface area contributed by atoms with Crippen molar-refractivity contribution in [3.63, 3.8) is 0 Å². The van der Waals surface area contributed by atoms with E-state index in [9.17, 15) is 0 Å². The molecule has 0 saturated carbocycles. The molecule has 0 spiro atoms. The quantitative estimate of drug-likeness (QED) is 0.856. The van der Waals surface area contributed by atoms with E-state index in [2.05, 4.69) is 38.1 Å². The zero-order valence-electron chi connectivity index (χ0n) is 8.61. The second-order valence-corrected chi connectivity index (χ2v) is 4.60. The van der Waals surface area contributed by atoms with Crippen molar-refractivity contribution in [1.29, 1.82) is 0 Å². The van der Waals surface area contributed by atoms with Crippen molar-refractivity contribution in [3.05, 3.63) is 17.0 Å². The first-order valence-corrected chi connectivity index (χ1v) is 5.87. The van der Waals surface area contributed by atoms with E-state index in [4.69, 9.17) is 4.74 Å². The number of anilines is 1. The normalized spacial score (nSPS) is 22.7. The minimum Gasteiger partial charge on any atom is -0.381 e. The molecule has 2 atom stereocenters. The maximum atomic E-state index is 5.36. The molecule has 1 aromatic heterocycles. The Labute approximate surface area is 97.6 Å². The van der Waals surface area contributed by atoms with Gasteiger partial charge in [-0.1, -0.05) is 0 Å². The molecule has 4 nitrogen and oxygen atoms in total. The topological polar surface area (TPSA) is 47.0 Å². The van der Waals surface area contributed by atoms with Gasteiger partial charge in [-0.2, -0.15) is 0 Å². The van der Waals surface area contributed by atoms with Crippen LogP contribution in [0.25, 0.3) is 0 Å². The van der Waals surface area contributed by atoms with Gasteiger partial charge >= 0.3 is 0 Å². The number of nitrogens with zero attached hydrogens (tertiary/aromatic N) is 2. The lowest BCUT2D eigenvalue weighted by molar-refractivity contribution is 0.183. The SMILES string of the molecule is CC(Nc1cc(Br)ncn1)C1CCOC1. The molecule has 15 heavy (non-hydrogen) atoms. The van der Waals surface area contributed by atoms with E-state index in [1.807, 2.05) is 6.07 Å². The largest absolute Gasteiger partial charge is 0.381 e. The zero-order chi connectivity index (χ0) is 10.7. The maximum Gasteiger partial charge on any atom is 0.130 e. The van der Waals surface area contributed by atoms with Crippen molar-refractivity contribution < 1.29 is 4.74 Å². The Morgan fingerprint density at radius 3 is 3.13 bits per heavy atom. The average Bonchev–Trinajstić information content (AvgIpc) is 2.70. The number of halogens is 1. The maximum absolute atomic E-state index is 5.36. The highest BCUT2D eigenvalue weighted by atomic mass is 79.9. The van der Waals surface area contributed by atoms with Gasteiger partial charge in [-0.05, 0) is 29.3 Å². The van der Waals surface area contributed by atoms with Crippen molar-refractivity contribution in [2.24, 2.45) is 5.92 Å². The van der Waals surface area contributed by atoms with Gasteiger partial charge in [-0.15, -0.1) is 0 Å². The van der Waals surface area contributed by atoms with Gasteiger partial charge in [0.2, 0.25) is 0 Å². The molecule has 0 aliphatic carbocycles. The molecule has 1 aliphatic heterocycles. The molecule has 0 radical (unpaired) electrons. The Morgan fingerprint density at radius 1 is 1.60 bits per heavy atom. The van der Waals surface area contributed by atoms with Gasteiger partial charge in [0, 0.05) is 24.6 Å². The highest BCUT2D eigenvalue weighted by molar-refractivity contribution is 9.10. The lowest BCUT2D eigenvalue weighted by Gasteiger charge is -2.19. The monoisotopic (exact) mass is 271 g/mol. The summed E-state index contributed by atoms with van der Waals surface area (Å²) in [5.74, 6) is 1.44. The van der Waals surface area contributed by atoms with Crippen LogP contribution >= 0.6 is 15.9 Å². The summed E-state index contributed by atoms with van der Waals surface area (Å²) in [6, 6.07) is 2.26. The molecule has 1 saturated heterocycles. The summed E-state index contributed by atoms with van der Waals surface area (Å²) in [6.07, 6.45) is 2.67. The first-order chi connectivity index (χ1) is 7.25. The number of nitrogens with one attached hydrogen (secondary N) is 1. The van der Waals surface area contributed by atoms with Crippen molar-refractivity contribution in [2.45, 2.75) is 19.4 Å². The Morgan fingerprint density at radius 2 is 2.47 bits per heavy atom. The fraction of sp³-hybridized carbons (Fsp3) is 0.600. The van der Waals surface area contributed by atoms with Crippen LogP contribution in [-0.2, 0) is 4.74 Å². The van der Waals surface area contributed by atoms with Crippen LogP contribution in [0.15, 0.2) is 17.0 Å². The first-order valence-electron chi connectivity index (χ1n) is 5.07. The molecule has 1 aliphatic rings.